The minimum Gasteiger partial charge on any atom is -0.495 e. The van der Waals surface area contributed by atoms with Crippen LogP contribution in [0.15, 0.2) is 72.3 Å². The van der Waals surface area contributed by atoms with Crippen LogP contribution in [-0.2, 0) is 9.59 Å². The number of carbonyl (C=O) groups excluding carboxylic acids is 2. The van der Waals surface area contributed by atoms with Crippen LogP contribution in [0.5, 0.6) is 11.5 Å². The number of carbonyl (C=O) groups is 2. The number of methoxy groups -OCH3 is 1. The predicted molar refractivity (Wildman–Crippen MR) is 132 cm³/mol. The van der Waals surface area contributed by atoms with Gasteiger partial charge < -0.3 is 20.1 Å². The molecule has 0 heterocycles. The minimum absolute atomic E-state index is 0.0249. The van der Waals surface area contributed by atoms with E-state index in [-0.39, 0.29) is 18.1 Å². The summed E-state index contributed by atoms with van der Waals surface area (Å²) in [6.45, 7) is 3.76. The number of amides is 2. The molecule has 2 amide bonds. The van der Waals surface area contributed by atoms with Crippen LogP contribution in [0, 0.1) is 25.2 Å². The average Bonchev–Trinajstić information content (AvgIpc) is 2.84. The molecule has 3 aromatic carbocycles. The maximum Gasteiger partial charge on any atom is 0.266 e. The SMILES string of the molecule is COc1ccccc1NC(=O)COc1ccc(/C=C(\C#N)C(=O)Nc2ccc(C)c(C)c2)cc1. The van der Waals surface area contributed by atoms with Crippen LogP contribution >= 0.6 is 0 Å². The summed E-state index contributed by atoms with van der Waals surface area (Å²) in [6, 6.07) is 21.3. The normalized spacial score (nSPS) is 10.7. The van der Waals surface area contributed by atoms with Gasteiger partial charge in [0.25, 0.3) is 11.8 Å². The second-order valence-corrected chi connectivity index (χ2v) is 7.53. The molecule has 2 N–H and O–H groups in total. The highest BCUT2D eigenvalue weighted by molar-refractivity contribution is 6.09. The zero-order valence-corrected chi connectivity index (χ0v) is 19.2. The number of nitrogens with zero attached hydrogens (tertiary/aromatic N) is 1. The van der Waals surface area contributed by atoms with E-state index in [9.17, 15) is 14.9 Å². The van der Waals surface area contributed by atoms with E-state index >= 15 is 0 Å². The van der Waals surface area contributed by atoms with Crippen molar-refractivity contribution in [1.29, 1.82) is 5.26 Å². The van der Waals surface area contributed by atoms with Gasteiger partial charge in [-0.15, -0.1) is 0 Å². The van der Waals surface area contributed by atoms with Crippen molar-refractivity contribution in [2.45, 2.75) is 13.8 Å². The molecule has 0 aliphatic carbocycles. The third-order valence-corrected chi connectivity index (χ3v) is 5.07. The molecule has 0 unspecified atom stereocenters. The van der Waals surface area contributed by atoms with Crippen molar-refractivity contribution in [2.75, 3.05) is 24.4 Å². The smallest absolute Gasteiger partial charge is 0.266 e. The van der Waals surface area contributed by atoms with E-state index in [1.54, 1.807) is 48.5 Å². The Kier molecular flexibility index (Phi) is 8.03. The van der Waals surface area contributed by atoms with Gasteiger partial charge in [0, 0.05) is 5.69 Å². The lowest BCUT2D eigenvalue weighted by molar-refractivity contribution is -0.118. The summed E-state index contributed by atoms with van der Waals surface area (Å²) in [7, 11) is 1.53. The number of anilines is 2. The first-order chi connectivity index (χ1) is 16.4. The quantitative estimate of drug-likeness (QED) is 0.373. The molecule has 7 heteroatoms. The van der Waals surface area contributed by atoms with Gasteiger partial charge in [0.2, 0.25) is 0 Å². The first-order valence-corrected chi connectivity index (χ1v) is 10.6. The van der Waals surface area contributed by atoms with Crippen LogP contribution in [0.3, 0.4) is 0 Å². The molecule has 0 aliphatic heterocycles. The highest BCUT2D eigenvalue weighted by Crippen LogP contribution is 2.23. The lowest BCUT2D eigenvalue weighted by Gasteiger charge is -2.10. The van der Waals surface area contributed by atoms with Gasteiger partial charge in [0.1, 0.15) is 23.1 Å². The van der Waals surface area contributed by atoms with Crippen LogP contribution < -0.4 is 20.1 Å². The number of rotatable bonds is 8. The fourth-order valence-electron chi connectivity index (χ4n) is 3.08. The van der Waals surface area contributed by atoms with Crippen molar-refractivity contribution in [3.63, 3.8) is 0 Å². The lowest BCUT2D eigenvalue weighted by atomic mass is 10.1. The number of hydrogen-bond acceptors (Lipinski definition) is 5. The van der Waals surface area contributed by atoms with Gasteiger partial charge in [-0.05, 0) is 73.0 Å². The summed E-state index contributed by atoms with van der Waals surface area (Å²) in [6.07, 6.45) is 1.49. The van der Waals surface area contributed by atoms with Gasteiger partial charge in [0.05, 0.1) is 12.8 Å². The number of para-hydroxylation sites is 2. The van der Waals surface area contributed by atoms with Gasteiger partial charge in [-0.2, -0.15) is 5.26 Å². The van der Waals surface area contributed by atoms with E-state index in [1.165, 1.54) is 13.2 Å². The highest BCUT2D eigenvalue weighted by atomic mass is 16.5. The first kappa shape index (κ1) is 24.1. The molecule has 7 nitrogen and oxygen atoms in total. The summed E-state index contributed by atoms with van der Waals surface area (Å²) >= 11 is 0. The van der Waals surface area contributed by atoms with Crippen LogP contribution in [0.25, 0.3) is 6.08 Å². The maximum absolute atomic E-state index is 12.5. The van der Waals surface area contributed by atoms with Gasteiger partial charge in [-0.3, -0.25) is 9.59 Å². The summed E-state index contributed by atoms with van der Waals surface area (Å²) < 4.78 is 10.7. The molecule has 0 spiro atoms. The van der Waals surface area contributed by atoms with Crippen LogP contribution in [-0.4, -0.2) is 25.5 Å². The Morgan fingerprint density at radius 1 is 0.971 bits per heavy atom. The van der Waals surface area contributed by atoms with E-state index in [0.29, 0.717) is 28.4 Å². The molecule has 0 aliphatic rings. The van der Waals surface area contributed by atoms with Gasteiger partial charge >= 0.3 is 0 Å². The predicted octanol–water partition coefficient (Wildman–Crippen LogP) is 4.88. The fraction of sp³-hybridized carbons (Fsp3) is 0.148. The van der Waals surface area contributed by atoms with Crippen molar-refractivity contribution < 1.29 is 19.1 Å². The van der Waals surface area contributed by atoms with E-state index in [0.717, 1.165) is 11.1 Å². The standard InChI is InChI=1S/C27H25N3O4/c1-18-8-11-22(14-19(18)2)29-27(32)21(16-28)15-20-9-12-23(13-10-20)34-17-26(31)30-24-6-4-5-7-25(24)33-3/h4-15H,17H2,1-3H3,(H,29,32)(H,30,31)/b21-15+. The molecular weight excluding hydrogens is 430 g/mol. The molecule has 0 fully saturated rings. The maximum atomic E-state index is 12.5. The fourth-order valence-corrected chi connectivity index (χ4v) is 3.08. The van der Waals surface area contributed by atoms with Gasteiger partial charge in [-0.25, -0.2) is 0 Å². The summed E-state index contributed by atoms with van der Waals surface area (Å²) in [5, 5.41) is 14.9. The molecular formula is C27H25N3O4. The second kappa shape index (κ2) is 11.3. The van der Waals surface area contributed by atoms with Crippen molar-refractivity contribution in [1.82, 2.24) is 0 Å². The number of aryl methyl sites for hydroxylation is 2. The molecule has 34 heavy (non-hydrogen) atoms. The monoisotopic (exact) mass is 455 g/mol. The zero-order valence-electron chi connectivity index (χ0n) is 19.2. The van der Waals surface area contributed by atoms with Crippen molar-refractivity contribution in [2.24, 2.45) is 0 Å². The number of nitrogens with one attached hydrogen (secondary N) is 2. The number of nitriles is 1. The Labute approximate surface area is 198 Å². The van der Waals surface area contributed by atoms with E-state index in [1.807, 2.05) is 38.1 Å². The Morgan fingerprint density at radius 3 is 2.38 bits per heavy atom. The molecule has 0 bridgehead atoms. The number of hydrogen-bond donors (Lipinski definition) is 2. The molecule has 3 rings (SSSR count). The van der Waals surface area contributed by atoms with E-state index in [4.69, 9.17) is 9.47 Å². The summed E-state index contributed by atoms with van der Waals surface area (Å²) in [5.74, 6) is 0.217. The molecule has 0 radical (unpaired) electrons. The third-order valence-electron chi connectivity index (χ3n) is 5.07. The Morgan fingerprint density at radius 2 is 1.71 bits per heavy atom. The van der Waals surface area contributed by atoms with E-state index < -0.39 is 5.91 Å². The first-order valence-electron chi connectivity index (χ1n) is 10.6. The largest absolute Gasteiger partial charge is 0.495 e. The number of benzene rings is 3. The molecule has 3 aromatic rings. The van der Waals surface area contributed by atoms with Crippen molar-refractivity contribution in [3.05, 3.63) is 89.0 Å². The average molecular weight is 456 g/mol. The van der Waals surface area contributed by atoms with Gasteiger partial charge in [-0.1, -0.05) is 30.3 Å². The minimum atomic E-state index is -0.487. The molecule has 172 valence electrons. The van der Waals surface area contributed by atoms with Crippen molar-refractivity contribution in [3.8, 4) is 17.6 Å². The molecule has 0 atom stereocenters. The topological polar surface area (TPSA) is 100 Å². The van der Waals surface area contributed by atoms with Crippen LogP contribution in [0.4, 0.5) is 11.4 Å². The van der Waals surface area contributed by atoms with E-state index in [2.05, 4.69) is 10.6 Å². The van der Waals surface area contributed by atoms with Crippen LogP contribution in [0.2, 0.25) is 0 Å². The molecule has 0 saturated carbocycles. The summed E-state index contributed by atoms with van der Waals surface area (Å²) in [4.78, 5) is 24.7. The second-order valence-electron chi connectivity index (χ2n) is 7.53. The van der Waals surface area contributed by atoms with Crippen molar-refractivity contribution >= 4 is 29.3 Å². The lowest BCUT2D eigenvalue weighted by Crippen LogP contribution is -2.20. The Bertz CT molecular complexity index is 1260. The zero-order chi connectivity index (χ0) is 24.5. The highest BCUT2D eigenvalue weighted by Gasteiger charge is 2.11. The van der Waals surface area contributed by atoms with Crippen LogP contribution in [0.1, 0.15) is 16.7 Å². The third kappa shape index (κ3) is 6.47. The Hall–Kier alpha value is -4.57. The molecule has 0 saturated heterocycles. The number of ether oxygens (including phenoxy) is 2. The summed E-state index contributed by atoms with van der Waals surface area (Å²) in [5.41, 5.74) is 3.98. The molecule has 0 aromatic heterocycles. The Balaban J connectivity index is 1.59. The van der Waals surface area contributed by atoms with Gasteiger partial charge in [0.15, 0.2) is 6.61 Å².